The van der Waals surface area contributed by atoms with Crippen molar-refractivity contribution in [3.63, 3.8) is 0 Å². The molecule has 140 valence electrons. The van der Waals surface area contributed by atoms with E-state index in [-0.39, 0.29) is 11.8 Å². The summed E-state index contributed by atoms with van der Waals surface area (Å²) in [7, 11) is 0. The number of hydrogen-bond acceptors (Lipinski definition) is 3. The van der Waals surface area contributed by atoms with Gasteiger partial charge in [-0.3, -0.25) is 14.6 Å². The van der Waals surface area contributed by atoms with Gasteiger partial charge in [-0.25, -0.2) is 0 Å². The minimum atomic E-state index is -0.213. The van der Waals surface area contributed by atoms with Crippen LogP contribution in [0.25, 0.3) is 6.08 Å². The molecule has 0 aliphatic carbocycles. The Morgan fingerprint density at radius 1 is 1.04 bits per heavy atom. The molecule has 2 N–H and O–H groups in total. The van der Waals surface area contributed by atoms with Crippen LogP contribution in [0.3, 0.4) is 0 Å². The molecule has 0 bridgehead atoms. The number of carbonyl (C=O) groups excluding carboxylic acids is 2. The molecule has 28 heavy (non-hydrogen) atoms. The molecule has 0 aliphatic rings. The molecule has 0 atom stereocenters. The standard InChI is InChI=1S/C23H21N3O2/c1-17-4-2-5-18(14-17)9-12-22(27)25-15-19-7-10-21(11-8-19)26-23(28)20-6-3-13-24-16-20/h2-14,16H,15H2,1H3,(H,25,27)(H,26,28)/b12-9+. The van der Waals surface area contributed by atoms with E-state index in [2.05, 4.69) is 15.6 Å². The first-order valence-electron chi connectivity index (χ1n) is 8.93. The Labute approximate surface area is 164 Å². The van der Waals surface area contributed by atoms with Crippen LogP contribution in [0.5, 0.6) is 0 Å². The fraction of sp³-hybridized carbons (Fsp3) is 0.0870. The Hall–Kier alpha value is -3.73. The Kier molecular flexibility index (Phi) is 6.31. The zero-order valence-electron chi connectivity index (χ0n) is 15.6. The van der Waals surface area contributed by atoms with Crippen molar-refractivity contribution in [1.82, 2.24) is 10.3 Å². The maximum atomic E-state index is 12.1. The van der Waals surface area contributed by atoms with Gasteiger partial charge in [-0.15, -0.1) is 0 Å². The number of carbonyl (C=O) groups is 2. The van der Waals surface area contributed by atoms with Crippen LogP contribution in [0.4, 0.5) is 5.69 Å². The molecule has 2 aromatic carbocycles. The van der Waals surface area contributed by atoms with Crippen LogP contribution in [0.15, 0.2) is 79.1 Å². The van der Waals surface area contributed by atoms with Gasteiger partial charge in [-0.05, 0) is 48.4 Å². The SMILES string of the molecule is Cc1cccc(/C=C/C(=O)NCc2ccc(NC(=O)c3cccnc3)cc2)c1. The summed E-state index contributed by atoms with van der Waals surface area (Å²) in [4.78, 5) is 28.0. The number of hydrogen-bond donors (Lipinski definition) is 2. The molecule has 0 unspecified atom stereocenters. The van der Waals surface area contributed by atoms with Crippen LogP contribution >= 0.6 is 0 Å². The van der Waals surface area contributed by atoms with Gasteiger partial charge in [0, 0.05) is 30.7 Å². The molecule has 5 heteroatoms. The molecule has 0 radical (unpaired) electrons. The predicted octanol–water partition coefficient (Wildman–Crippen LogP) is 3.97. The Balaban J connectivity index is 1.50. The maximum Gasteiger partial charge on any atom is 0.257 e. The van der Waals surface area contributed by atoms with Crippen LogP contribution in [-0.2, 0) is 11.3 Å². The normalized spacial score (nSPS) is 10.6. The maximum absolute atomic E-state index is 12.1. The topological polar surface area (TPSA) is 71.1 Å². The van der Waals surface area contributed by atoms with E-state index in [9.17, 15) is 9.59 Å². The molecular weight excluding hydrogens is 350 g/mol. The van der Waals surface area contributed by atoms with Crippen molar-refractivity contribution < 1.29 is 9.59 Å². The third kappa shape index (κ3) is 5.64. The number of nitrogens with zero attached hydrogens (tertiary/aromatic N) is 1. The van der Waals surface area contributed by atoms with Gasteiger partial charge in [0.05, 0.1) is 5.56 Å². The Morgan fingerprint density at radius 3 is 2.57 bits per heavy atom. The lowest BCUT2D eigenvalue weighted by Crippen LogP contribution is -2.20. The highest BCUT2D eigenvalue weighted by Gasteiger charge is 2.05. The van der Waals surface area contributed by atoms with Gasteiger partial charge in [0.1, 0.15) is 0 Å². The van der Waals surface area contributed by atoms with Crippen molar-refractivity contribution in [3.8, 4) is 0 Å². The highest BCUT2D eigenvalue weighted by atomic mass is 16.2. The second-order valence-corrected chi connectivity index (χ2v) is 6.36. The zero-order chi connectivity index (χ0) is 19.8. The van der Waals surface area contributed by atoms with Crippen molar-refractivity contribution in [3.05, 3.63) is 101 Å². The fourth-order valence-electron chi connectivity index (χ4n) is 2.60. The Morgan fingerprint density at radius 2 is 1.86 bits per heavy atom. The summed E-state index contributed by atoms with van der Waals surface area (Å²) in [6.45, 7) is 2.42. The molecule has 0 aliphatic heterocycles. The minimum Gasteiger partial charge on any atom is -0.348 e. The Bertz CT molecular complexity index is 980. The molecule has 0 saturated carbocycles. The van der Waals surface area contributed by atoms with Gasteiger partial charge in [0.15, 0.2) is 0 Å². The van der Waals surface area contributed by atoms with Gasteiger partial charge in [-0.2, -0.15) is 0 Å². The third-order valence-corrected chi connectivity index (χ3v) is 4.07. The monoisotopic (exact) mass is 371 g/mol. The summed E-state index contributed by atoms with van der Waals surface area (Å²) >= 11 is 0. The van der Waals surface area contributed by atoms with E-state index in [4.69, 9.17) is 0 Å². The lowest BCUT2D eigenvalue weighted by atomic mass is 10.1. The minimum absolute atomic E-state index is 0.157. The first kappa shape index (κ1) is 19.0. The van der Waals surface area contributed by atoms with Crippen molar-refractivity contribution in [1.29, 1.82) is 0 Å². The van der Waals surface area contributed by atoms with E-state index < -0.39 is 0 Å². The summed E-state index contributed by atoms with van der Waals surface area (Å²) < 4.78 is 0. The highest BCUT2D eigenvalue weighted by molar-refractivity contribution is 6.04. The largest absolute Gasteiger partial charge is 0.348 e. The summed E-state index contributed by atoms with van der Waals surface area (Å²) in [5, 5.41) is 5.66. The molecule has 5 nitrogen and oxygen atoms in total. The first-order chi connectivity index (χ1) is 13.6. The van der Waals surface area contributed by atoms with Crippen molar-refractivity contribution in [2.45, 2.75) is 13.5 Å². The number of aromatic nitrogens is 1. The molecule has 1 heterocycles. The fourth-order valence-corrected chi connectivity index (χ4v) is 2.60. The highest BCUT2D eigenvalue weighted by Crippen LogP contribution is 2.11. The zero-order valence-corrected chi connectivity index (χ0v) is 15.6. The number of anilines is 1. The van der Waals surface area contributed by atoms with E-state index >= 15 is 0 Å². The van der Waals surface area contributed by atoms with Crippen molar-refractivity contribution >= 4 is 23.6 Å². The smallest absolute Gasteiger partial charge is 0.257 e. The van der Waals surface area contributed by atoms with Crippen molar-refractivity contribution in [2.75, 3.05) is 5.32 Å². The molecule has 1 aromatic heterocycles. The van der Waals surface area contributed by atoms with Gasteiger partial charge >= 0.3 is 0 Å². The molecule has 2 amide bonds. The van der Waals surface area contributed by atoms with E-state index in [1.165, 1.54) is 12.3 Å². The van der Waals surface area contributed by atoms with Crippen molar-refractivity contribution in [2.24, 2.45) is 0 Å². The lowest BCUT2D eigenvalue weighted by molar-refractivity contribution is -0.116. The number of pyridine rings is 1. The molecule has 0 saturated heterocycles. The summed E-state index contributed by atoms with van der Waals surface area (Å²) in [6.07, 6.45) is 6.45. The number of benzene rings is 2. The molecule has 0 spiro atoms. The van der Waals surface area contributed by atoms with E-state index in [1.807, 2.05) is 43.3 Å². The lowest BCUT2D eigenvalue weighted by Gasteiger charge is -2.07. The van der Waals surface area contributed by atoms with Gasteiger partial charge in [0.2, 0.25) is 5.91 Å². The predicted molar refractivity (Wildman–Crippen MR) is 111 cm³/mol. The molecular formula is C23H21N3O2. The van der Waals surface area contributed by atoms with Crippen LogP contribution in [0.2, 0.25) is 0 Å². The molecule has 3 rings (SSSR count). The van der Waals surface area contributed by atoms with E-state index in [0.29, 0.717) is 17.8 Å². The van der Waals surface area contributed by atoms with Gasteiger partial charge in [0.25, 0.3) is 5.91 Å². The van der Waals surface area contributed by atoms with Gasteiger partial charge < -0.3 is 10.6 Å². The van der Waals surface area contributed by atoms with Crippen LogP contribution in [0, 0.1) is 6.92 Å². The number of rotatable bonds is 6. The number of amides is 2. The van der Waals surface area contributed by atoms with Crippen LogP contribution < -0.4 is 10.6 Å². The average molecular weight is 371 g/mol. The summed E-state index contributed by atoms with van der Waals surface area (Å²) in [6, 6.07) is 18.7. The van der Waals surface area contributed by atoms with Crippen LogP contribution in [-0.4, -0.2) is 16.8 Å². The van der Waals surface area contributed by atoms with Crippen LogP contribution in [0.1, 0.15) is 27.0 Å². The van der Waals surface area contributed by atoms with E-state index in [0.717, 1.165) is 16.7 Å². The molecule has 0 fully saturated rings. The summed E-state index contributed by atoms with van der Waals surface area (Å²) in [5.74, 6) is -0.370. The van der Waals surface area contributed by atoms with Gasteiger partial charge in [-0.1, -0.05) is 42.0 Å². The first-order valence-corrected chi connectivity index (χ1v) is 8.93. The molecule has 3 aromatic rings. The number of aryl methyl sites for hydroxylation is 1. The third-order valence-electron chi connectivity index (χ3n) is 4.07. The summed E-state index contributed by atoms with van der Waals surface area (Å²) in [5.41, 5.74) is 4.27. The average Bonchev–Trinajstić information content (AvgIpc) is 2.72. The second kappa shape index (κ2) is 9.28. The van der Waals surface area contributed by atoms with E-state index in [1.54, 1.807) is 36.5 Å². The quantitative estimate of drug-likeness (QED) is 0.644. The number of nitrogens with one attached hydrogen (secondary N) is 2. The second-order valence-electron chi connectivity index (χ2n) is 6.36.